The first-order valence-electron chi connectivity index (χ1n) is 5.64. The van der Waals surface area contributed by atoms with Crippen LogP contribution < -0.4 is 11.1 Å². The third kappa shape index (κ3) is 3.90. The highest BCUT2D eigenvalue weighted by Gasteiger charge is 2.19. The number of esters is 1. The second-order valence-corrected chi connectivity index (χ2v) is 3.64. The van der Waals surface area contributed by atoms with Crippen molar-refractivity contribution in [3.8, 4) is 0 Å². The zero-order valence-electron chi connectivity index (χ0n) is 10.3. The lowest BCUT2D eigenvalue weighted by Gasteiger charge is -2.08. The normalized spacial score (nSPS) is 10.1. The van der Waals surface area contributed by atoms with Crippen LogP contribution in [0.15, 0.2) is 12.1 Å². The minimum atomic E-state index is -1.12. The lowest BCUT2D eigenvalue weighted by molar-refractivity contribution is -0.142. The summed E-state index contributed by atoms with van der Waals surface area (Å²) in [4.78, 5) is 22.6. The van der Waals surface area contributed by atoms with Crippen LogP contribution in [0.4, 0.5) is 14.5 Å². The molecule has 0 aromatic heterocycles. The number of nitrogens with two attached hydrogens (primary N) is 1. The lowest BCUT2D eigenvalue weighted by atomic mass is 10.1. The standard InChI is InChI=1S/C12H14F2N2O3/c1-2-19-9(17)5-6-16-12(18)10-7(13)3-4-8(15)11(10)14/h3-4H,2,5-6,15H2,1H3,(H,16,18). The Labute approximate surface area is 108 Å². The Hall–Kier alpha value is -2.18. The van der Waals surface area contributed by atoms with Crippen LogP contribution in [0.25, 0.3) is 0 Å². The molecular formula is C12H14F2N2O3. The Morgan fingerprint density at radius 3 is 2.68 bits per heavy atom. The Morgan fingerprint density at radius 2 is 2.05 bits per heavy atom. The van der Waals surface area contributed by atoms with Gasteiger partial charge in [0, 0.05) is 6.54 Å². The van der Waals surface area contributed by atoms with E-state index in [-0.39, 0.29) is 25.3 Å². The highest BCUT2D eigenvalue weighted by molar-refractivity contribution is 5.95. The van der Waals surface area contributed by atoms with E-state index in [1.807, 2.05) is 0 Å². The molecule has 0 fully saturated rings. The van der Waals surface area contributed by atoms with E-state index in [0.29, 0.717) is 0 Å². The molecule has 19 heavy (non-hydrogen) atoms. The van der Waals surface area contributed by atoms with Crippen LogP contribution in [0.1, 0.15) is 23.7 Å². The topological polar surface area (TPSA) is 81.4 Å². The van der Waals surface area contributed by atoms with Gasteiger partial charge in [0.2, 0.25) is 0 Å². The van der Waals surface area contributed by atoms with Crippen molar-refractivity contribution >= 4 is 17.6 Å². The van der Waals surface area contributed by atoms with Crippen LogP contribution in [-0.2, 0) is 9.53 Å². The van der Waals surface area contributed by atoms with Crippen LogP contribution in [-0.4, -0.2) is 25.0 Å². The molecule has 1 amide bonds. The zero-order chi connectivity index (χ0) is 14.4. The summed E-state index contributed by atoms with van der Waals surface area (Å²) in [6.45, 7) is 1.80. The number of ether oxygens (including phenoxy) is 1. The molecule has 5 nitrogen and oxygen atoms in total. The molecule has 0 atom stereocenters. The van der Waals surface area contributed by atoms with Gasteiger partial charge in [-0.15, -0.1) is 0 Å². The molecule has 3 N–H and O–H groups in total. The summed E-state index contributed by atoms with van der Waals surface area (Å²) in [5.74, 6) is -3.60. The maximum atomic E-state index is 13.5. The second kappa shape index (κ2) is 6.67. The number of nitrogen functional groups attached to an aromatic ring is 1. The molecule has 0 aliphatic heterocycles. The van der Waals surface area contributed by atoms with E-state index in [1.54, 1.807) is 6.92 Å². The fraction of sp³-hybridized carbons (Fsp3) is 0.333. The van der Waals surface area contributed by atoms with Gasteiger partial charge in [-0.2, -0.15) is 0 Å². The van der Waals surface area contributed by atoms with Crippen molar-refractivity contribution in [1.29, 1.82) is 0 Å². The van der Waals surface area contributed by atoms with Gasteiger partial charge < -0.3 is 15.8 Å². The molecule has 0 saturated heterocycles. The van der Waals surface area contributed by atoms with Crippen molar-refractivity contribution in [1.82, 2.24) is 5.32 Å². The average molecular weight is 272 g/mol. The van der Waals surface area contributed by atoms with Crippen molar-refractivity contribution in [2.75, 3.05) is 18.9 Å². The van der Waals surface area contributed by atoms with Crippen LogP contribution in [0.2, 0.25) is 0 Å². The number of benzene rings is 1. The van der Waals surface area contributed by atoms with Crippen molar-refractivity contribution < 1.29 is 23.1 Å². The molecule has 0 aliphatic carbocycles. The molecule has 0 saturated carbocycles. The van der Waals surface area contributed by atoms with Crippen LogP contribution >= 0.6 is 0 Å². The summed E-state index contributed by atoms with van der Waals surface area (Å²) in [7, 11) is 0. The zero-order valence-corrected chi connectivity index (χ0v) is 10.3. The average Bonchev–Trinajstić information content (AvgIpc) is 2.35. The number of anilines is 1. The van der Waals surface area contributed by atoms with Gasteiger partial charge in [0.15, 0.2) is 5.82 Å². The number of carbonyl (C=O) groups excluding carboxylic acids is 2. The molecule has 1 rings (SSSR count). The van der Waals surface area contributed by atoms with Gasteiger partial charge in [0.1, 0.15) is 11.4 Å². The van der Waals surface area contributed by atoms with Gasteiger partial charge in [-0.1, -0.05) is 0 Å². The van der Waals surface area contributed by atoms with E-state index in [4.69, 9.17) is 5.73 Å². The van der Waals surface area contributed by atoms with Gasteiger partial charge in [-0.25, -0.2) is 8.78 Å². The van der Waals surface area contributed by atoms with Gasteiger partial charge in [0.05, 0.1) is 18.7 Å². The quantitative estimate of drug-likeness (QED) is 0.624. The number of carbonyl (C=O) groups is 2. The molecule has 0 spiro atoms. The molecule has 0 heterocycles. The molecular weight excluding hydrogens is 258 g/mol. The van der Waals surface area contributed by atoms with Crippen molar-refractivity contribution in [2.24, 2.45) is 0 Å². The molecule has 0 radical (unpaired) electrons. The first-order chi connectivity index (χ1) is 8.97. The third-order valence-electron chi connectivity index (χ3n) is 2.27. The van der Waals surface area contributed by atoms with E-state index in [1.165, 1.54) is 0 Å². The van der Waals surface area contributed by atoms with E-state index in [2.05, 4.69) is 10.1 Å². The summed E-state index contributed by atoms with van der Waals surface area (Å²) < 4.78 is 31.5. The highest BCUT2D eigenvalue weighted by atomic mass is 19.1. The number of nitrogens with one attached hydrogen (secondary N) is 1. The van der Waals surface area contributed by atoms with Crippen molar-refractivity contribution in [2.45, 2.75) is 13.3 Å². The number of hydrogen-bond acceptors (Lipinski definition) is 4. The summed E-state index contributed by atoms with van der Waals surface area (Å²) in [5, 5.41) is 2.22. The second-order valence-electron chi connectivity index (χ2n) is 3.64. The molecule has 0 aliphatic rings. The highest BCUT2D eigenvalue weighted by Crippen LogP contribution is 2.18. The fourth-order valence-corrected chi connectivity index (χ4v) is 1.38. The van der Waals surface area contributed by atoms with E-state index in [0.717, 1.165) is 12.1 Å². The largest absolute Gasteiger partial charge is 0.466 e. The summed E-state index contributed by atoms with van der Waals surface area (Å²) in [5.41, 5.74) is 4.17. The SMILES string of the molecule is CCOC(=O)CCNC(=O)c1c(F)ccc(N)c1F. The van der Waals surface area contributed by atoms with Gasteiger partial charge in [0.25, 0.3) is 5.91 Å². The van der Waals surface area contributed by atoms with E-state index < -0.39 is 29.1 Å². The summed E-state index contributed by atoms with van der Waals surface area (Å²) in [6, 6.07) is 1.93. The fourth-order valence-electron chi connectivity index (χ4n) is 1.38. The first-order valence-corrected chi connectivity index (χ1v) is 5.64. The smallest absolute Gasteiger partial charge is 0.307 e. The molecule has 104 valence electrons. The monoisotopic (exact) mass is 272 g/mol. The van der Waals surface area contributed by atoms with Gasteiger partial charge >= 0.3 is 5.97 Å². The van der Waals surface area contributed by atoms with Crippen LogP contribution in [0.3, 0.4) is 0 Å². The number of hydrogen-bond donors (Lipinski definition) is 2. The third-order valence-corrected chi connectivity index (χ3v) is 2.27. The van der Waals surface area contributed by atoms with Gasteiger partial charge in [-0.3, -0.25) is 9.59 Å². The first kappa shape index (κ1) is 14.9. The lowest BCUT2D eigenvalue weighted by Crippen LogP contribution is -2.28. The minimum absolute atomic E-state index is 0.0780. The maximum absolute atomic E-state index is 13.5. The Morgan fingerprint density at radius 1 is 1.37 bits per heavy atom. The Balaban J connectivity index is 2.64. The van der Waals surface area contributed by atoms with Crippen molar-refractivity contribution in [3.63, 3.8) is 0 Å². The molecule has 0 unspecified atom stereocenters. The predicted molar refractivity (Wildman–Crippen MR) is 64.4 cm³/mol. The van der Waals surface area contributed by atoms with E-state index >= 15 is 0 Å². The minimum Gasteiger partial charge on any atom is -0.466 e. The van der Waals surface area contributed by atoms with Crippen molar-refractivity contribution in [3.05, 3.63) is 29.3 Å². The molecule has 7 heteroatoms. The maximum Gasteiger partial charge on any atom is 0.307 e. The Bertz CT molecular complexity index is 492. The number of amides is 1. The number of rotatable bonds is 5. The van der Waals surface area contributed by atoms with Gasteiger partial charge in [-0.05, 0) is 19.1 Å². The van der Waals surface area contributed by atoms with E-state index in [9.17, 15) is 18.4 Å². The summed E-state index contributed by atoms with van der Waals surface area (Å²) in [6.07, 6.45) is -0.0782. The molecule has 1 aromatic carbocycles. The van der Waals surface area contributed by atoms with Crippen LogP contribution in [0, 0.1) is 11.6 Å². The molecule has 1 aromatic rings. The number of halogens is 2. The van der Waals surface area contributed by atoms with Crippen LogP contribution in [0.5, 0.6) is 0 Å². The predicted octanol–water partition coefficient (Wildman–Crippen LogP) is 1.23. The Kier molecular flexibility index (Phi) is 5.23. The summed E-state index contributed by atoms with van der Waals surface area (Å²) >= 11 is 0. The molecule has 0 bridgehead atoms.